The van der Waals surface area contributed by atoms with Crippen LogP contribution in [0.5, 0.6) is 0 Å². The van der Waals surface area contributed by atoms with E-state index in [0.29, 0.717) is 19.3 Å². The highest BCUT2D eigenvalue weighted by Crippen LogP contribution is 2.17. The molecule has 0 aliphatic rings. The summed E-state index contributed by atoms with van der Waals surface area (Å²) in [5.41, 5.74) is 0. The minimum absolute atomic E-state index is 0.0984. The molecule has 0 spiro atoms. The van der Waals surface area contributed by atoms with Crippen LogP contribution >= 0.6 is 0 Å². The van der Waals surface area contributed by atoms with Gasteiger partial charge in [-0.25, -0.2) is 0 Å². The molecule has 0 saturated carbocycles. The molecule has 0 aromatic heterocycles. The second-order valence-corrected chi connectivity index (χ2v) is 19.9. The number of esters is 3. The van der Waals surface area contributed by atoms with Gasteiger partial charge in [0.05, 0.1) is 0 Å². The van der Waals surface area contributed by atoms with E-state index in [1.165, 1.54) is 199 Å². The quantitative estimate of drug-likeness (QED) is 0.0262. The highest BCUT2D eigenvalue weighted by atomic mass is 16.6. The Kier molecular flexibility index (Phi) is 54.8. The molecule has 0 aromatic carbocycles. The van der Waals surface area contributed by atoms with Gasteiger partial charge in [0.25, 0.3) is 0 Å². The van der Waals surface area contributed by atoms with E-state index >= 15 is 0 Å². The first-order chi connectivity index (χ1) is 33.5. The van der Waals surface area contributed by atoms with Gasteiger partial charge in [-0.1, -0.05) is 294 Å². The summed E-state index contributed by atoms with van der Waals surface area (Å²) in [6.45, 7) is 6.45. The largest absolute Gasteiger partial charge is 0.462 e. The Morgan fingerprint density at radius 2 is 0.574 bits per heavy atom. The average molecular weight is 954 g/mol. The predicted molar refractivity (Wildman–Crippen MR) is 293 cm³/mol. The molecule has 396 valence electrons. The van der Waals surface area contributed by atoms with E-state index in [0.717, 1.165) is 64.2 Å². The van der Waals surface area contributed by atoms with Crippen LogP contribution < -0.4 is 0 Å². The molecule has 1 unspecified atom stereocenters. The first kappa shape index (κ1) is 65.4. The first-order valence-electron chi connectivity index (χ1n) is 29.6. The highest BCUT2D eigenvalue weighted by Gasteiger charge is 2.19. The van der Waals surface area contributed by atoms with Gasteiger partial charge in [0.1, 0.15) is 13.2 Å². The average Bonchev–Trinajstić information content (AvgIpc) is 3.34. The number of allylic oxidation sites excluding steroid dienone is 8. The van der Waals surface area contributed by atoms with E-state index in [4.69, 9.17) is 14.2 Å². The zero-order valence-electron chi connectivity index (χ0n) is 45.4. The van der Waals surface area contributed by atoms with Gasteiger partial charge in [-0.3, -0.25) is 14.4 Å². The summed E-state index contributed by atoms with van der Waals surface area (Å²) in [5.74, 6) is -0.977. The Balaban J connectivity index is 4.01. The van der Waals surface area contributed by atoms with Crippen molar-refractivity contribution < 1.29 is 28.6 Å². The van der Waals surface area contributed by atoms with Crippen molar-refractivity contribution in [3.05, 3.63) is 48.6 Å². The topological polar surface area (TPSA) is 78.9 Å². The van der Waals surface area contributed by atoms with Crippen molar-refractivity contribution in [2.75, 3.05) is 13.2 Å². The van der Waals surface area contributed by atoms with Gasteiger partial charge in [0.2, 0.25) is 0 Å². The van der Waals surface area contributed by atoms with Crippen LogP contribution in [0, 0.1) is 0 Å². The third-order valence-corrected chi connectivity index (χ3v) is 13.1. The van der Waals surface area contributed by atoms with Gasteiger partial charge in [0.15, 0.2) is 6.10 Å². The summed E-state index contributed by atoms with van der Waals surface area (Å²) >= 11 is 0. The van der Waals surface area contributed by atoms with Crippen molar-refractivity contribution >= 4 is 17.9 Å². The smallest absolute Gasteiger partial charge is 0.306 e. The lowest BCUT2D eigenvalue weighted by atomic mass is 10.0. The zero-order chi connectivity index (χ0) is 49.3. The summed E-state index contributed by atoms with van der Waals surface area (Å²) in [7, 11) is 0. The third-order valence-electron chi connectivity index (χ3n) is 13.1. The minimum Gasteiger partial charge on any atom is -0.462 e. The molecular weight excluding hydrogens is 841 g/mol. The molecule has 0 fully saturated rings. The molecule has 1 atom stereocenters. The molecule has 68 heavy (non-hydrogen) atoms. The second kappa shape index (κ2) is 57.0. The van der Waals surface area contributed by atoms with Crippen molar-refractivity contribution in [1.29, 1.82) is 0 Å². The molecule has 6 nitrogen and oxygen atoms in total. The SMILES string of the molecule is CC/C=C\C/C=C\C/C=C\C/C=C\CCC(=O)OC(COC(=O)CCCCCCCCC)COC(=O)CCCCCCCCCCCCCCCCCCCCCCCCCCCCCCCC. The van der Waals surface area contributed by atoms with E-state index in [9.17, 15) is 14.4 Å². The maximum Gasteiger partial charge on any atom is 0.306 e. The molecule has 0 radical (unpaired) electrons. The predicted octanol–water partition coefficient (Wildman–Crippen LogP) is 19.8. The molecule has 0 aromatic rings. The van der Waals surface area contributed by atoms with Gasteiger partial charge in [-0.15, -0.1) is 0 Å². The first-order valence-corrected chi connectivity index (χ1v) is 29.6. The summed E-state index contributed by atoms with van der Waals surface area (Å²) in [6, 6.07) is 0. The van der Waals surface area contributed by atoms with Crippen LogP contribution in [0.2, 0.25) is 0 Å². The van der Waals surface area contributed by atoms with Crippen molar-refractivity contribution in [2.45, 2.75) is 316 Å². The molecule has 0 aliphatic heterocycles. The van der Waals surface area contributed by atoms with Crippen LogP contribution in [0.1, 0.15) is 310 Å². The lowest BCUT2D eigenvalue weighted by Crippen LogP contribution is -2.30. The Bertz CT molecular complexity index is 1190. The molecule has 0 N–H and O–H groups in total. The fourth-order valence-electron chi connectivity index (χ4n) is 8.69. The third kappa shape index (κ3) is 54.3. The number of carbonyl (C=O) groups is 3. The van der Waals surface area contributed by atoms with E-state index in [2.05, 4.69) is 57.2 Å². The van der Waals surface area contributed by atoms with E-state index in [-0.39, 0.29) is 37.5 Å². The zero-order valence-corrected chi connectivity index (χ0v) is 45.4. The van der Waals surface area contributed by atoms with Crippen LogP contribution in [0.4, 0.5) is 0 Å². The van der Waals surface area contributed by atoms with Gasteiger partial charge < -0.3 is 14.2 Å². The number of rotatable bonds is 54. The number of ether oxygens (including phenoxy) is 3. The molecular formula is C62H112O6. The maximum atomic E-state index is 12.7. The van der Waals surface area contributed by atoms with Crippen LogP contribution in [-0.4, -0.2) is 37.2 Å². The molecule has 0 bridgehead atoms. The fraction of sp³-hybridized carbons (Fsp3) is 0.823. The van der Waals surface area contributed by atoms with Gasteiger partial charge >= 0.3 is 17.9 Å². The summed E-state index contributed by atoms with van der Waals surface area (Å²) in [6.07, 6.45) is 70.4. The van der Waals surface area contributed by atoms with E-state index in [1.54, 1.807) is 0 Å². The Labute approximate surface area is 422 Å². The van der Waals surface area contributed by atoms with E-state index in [1.807, 2.05) is 12.2 Å². The Morgan fingerprint density at radius 3 is 0.868 bits per heavy atom. The molecule has 0 amide bonds. The summed E-state index contributed by atoms with van der Waals surface area (Å²) in [4.78, 5) is 37.8. The van der Waals surface area contributed by atoms with Crippen molar-refractivity contribution in [1.82, 2.24) is 0 Å². The van der Waals surface area contributed by atoms with Crippen molar-refractivity contribution in [3.63, 3.8) is 0 Å². The van der Waals surface area contributed by atoms with Crippen molar-refractivity contribution in [3.8, 4) is 0 Å². The highest BCUT2D eigenvalue weighted by molar-refractivity contribution is 5.71. The molecule has 0 heterocycles. The lowest BCUT2D eigenvalue weighted by molar-refractivity contribution is -0.166. The van der Waals surface area contributed by atoms with Crippen molar-refractivity contribution in [2.24, 2.45) is 0 Å². The van der Waals surface area contributed by atoms with E-state index < -0.39 is 6.10 Å². The summed E-state index contributed by atoms with van der Waals surface area (Å²) < 4.78 is 16.7. The van der Waals surface area contributed by atoms with Crippen LogP contribution in [0.25, 0.3) is 0 Å². The number of unbranched alkanes of at least 4 members (excludes halogenated alkanes) is 35. The Morgan fingerprint density at radius 1 is 0.309 bits per heavy atom. The Hall–Kier alpha value is -2.63. The second-order valence-electron chi connectivity index (χ2n) is 19.9. The number of carbonyl (C=O) groups excluding carboxylic acids is 3. The van der Waals surface area contributed by atoms with Gasteiger partial charge in [-0.05, 0) is 44.9 Å². The normalized spacial score (nSPS) is 12.3. The van der Waals surface area contributed by atoms with Gasteiger partial charge in [-0.2, -0.15) is 0 Å². The lowest BCUT2D eigenvalue weighted by Gasteiger charge is -2.18. The number of hydrogen-bond acceptors (Lipinski definition) is 6. The summed E-state index contributed by atoms with van der Waals surface area (Å²) in [5, 5.41) is 0. The fourth-order valence-corrected chi connectivity index (χ4v) is 8.69. The standard InChI is InChI=1S/C62H112O6/c1-4-7-10-13-16-18-20-22-23-24-25-26-27-28-29-30-31-32-33-34-35-36-37-38-40-41-43-46-49-52-55-61(64)67-58-59(57-66-60(63)54-51-48-45-15-12-9-6-3)68-62(65)56-53-50-47-44-42-39-21-19-17-14-11-8-5-2/h8,11,17,19,39,42,47,50,59H,4-7,9-10,12-16,18,20-38,40-41,43-46,48-49,51-58H2,1-3H3/b11-8-,19-17-,42-39-,50-47-. The van der Waals surface area contributed by atoms with Crippen LogP contribution in [0.3, 0.4) is 0 Å². The molecule has 0 saturated heterocycles. The maximum absolute atomic E-state index is 12.7. The monoisotopic (exact) mass is 953 g/mol. The number of hydrogen-bond donors (Lipinski definition) is 0. The van der Waals surface area contributed by atoms with Crippen LogP contribution in [0.15, 0.2) is 48.6 Å². The molecule has 6 heteroatoms. The molecule has 0 rings (SSSR count). The van der Waals surface area contributed by atoms with Crippen LogP contribution in [-0.2, 0) is 28.6 Å². The molecule has 0 aliphatic carbocycles. The minimum atomic E-state index is -0.805. The van der Waals surface area contributed by atoms with Gasteiger partial charge in [0, 0.05) is 19.3 Å².